The van der Waals surface area contributed by atoms with E-state index in [0.717, 1.165) is 23.7 Å². The van der Waals surface area contributed by atoms with Gasteiger partial charge in [-0.25, -0.2) is 0 Å². The third-order valence-electron chi connectivity index (χ3n) is 7.91. The van der Waals surface area contributed by atoms with Gasteiger partial charge in [-0.3, -0.25) is 0 Å². The van der Waals surface area contributed by atoms with Crippen LogP contribution in [0.1, 0.15) is 12.0 Å². The second-order valence-electron chi connectivity index (χ2n) is 7.82. The van der Waals surface area contributed by atoms with Crippen molar-refractivity contribution in [2.45, 2.75) is 18.1 Å². The Morgan fingerprint density at radius 3 is 2.55 bits per heavy atom. The maximum absolute atomic E-state index is 11.7. The third-order valence-corrected chi connectivity index (χ3v) is 7.91. The summed E-state index contributed by atoms with van der Waals surface area (Å²) >= 11 is 0. The van der Waals surface area contributed by atoms with Gasteiger partial charge in [-0.15, -0.1) is 0 Å². The van der Waals surface area contributed by atoms with E-state index in [1.807, 2.05) is 7.11 Å². The molecule has 0 spiro atoms. The number of ether oxygens (including phenoxy) is 1. The second kappa shape index (κ2) is 3.00. The van der Waals surface area contributed by atoms with Crippen LogP contribution in [0.15, 0.2) is 30.3 Å². The lowest BCUT2D eigenvalue weighted by Crippen LogP contribution is -2.57. The smallest absolute Gasteiger partial charge is 0.0965 e. The van der Waals surface area contributed by atoms with Crippen molar-refractivity contribution in [3.05, 3.63) is 35.9 Å². The van der Waals surface area contributed by atoms with E-state index in [-0.39, 0.29) is 0 Å². The third kappa shape index (κ3) is 0.791. The number of benzene rings is 1. The molecule has 2 bridgehead atoms. The van der Waals surface area contributed by atoms with E-state index >= 15 is 0 Å². The fraction of sp³-hybridized carbons (Fsp3) is 0.667. The van der Waals surface area contributed by atoms with Crippen LogP contribution in [0.3, 0.4) is 0 Å². The van der Waals surface area contributed by atoms with Gasteiger partial charge in [-0.2, -0.15) is 0 Å². The van der Waals surface area contributed by atoms with Crippen molar-refractivity contribution in [3.8, 4) is 0 Å². The van der Waals surface area contributed by atoms with Crippen LogP contribution in [0, 0.1) is 47.3 Å². The minimum absolute atomic E-state index is 0.438. The quantitative estimate of drug-likeness (QED) is 0.891. The molecule has 0 unspecified atom stereocenters. The van der Waals surface area contributed by atoms with Gasteiger partial charge in [-0.05, 0) is 47.5 Å². The Morgan fingerprint density at radius 1 is 1.00 bits per heavy atom. The molecule has 0 saturated heterocycles. The number of methoxy groups -OCH3 is 1. The first kappa shape index (κ1) is 10.8. The van der Waals surface area contributed by atoms with Gasteiger partial charge in [0.1, 0.15) is 0 Å². The summed E-state index contributed by atoms with van der Waals surface area (Å²) in [7, 11) is 1.89. The summed E-state index contributed by atoms with van der Waals surface area (Å²) in [6.07, 6.45) is 1.81. The Kier molecular flexibility index (Phi) is 1.62. The fourth-order valence-corrected chi connectivity index (χ4v) is 7.91. The monoisotopic (exact) mass is 268 g/mol. The topological polar surface area (TPSA) is 29.5 Å². The Balaban J connectivity index is 1.58. The van der Waals surface area contributed by atoms with E-state index in [1.54, 1.807) is 0 Å². The maximum atomic E-state index is 11.7. The van der Waals surface area contributed by atoms with Crippen LogP contribution in [-0.4, -0.2) is 18.3 Å². The molecule has 0 aromatic heterocycles. The average Bonchev–Trinajstić information content (AvgIpc) is 2.98. The minimum atomic E-state index is -0.553. The molecule has 1 N–H and O–H groups in total. The first-order valence-corrected chi connectivity index (χ1v) is 8.09. The van der Waals surface area contributed by atoms with E-state index < -0.39 is 5.60 Å². The molecule has 104 valence electrons. The Hall–Kier alpha value is -0.860. The predicted molar refractivity (Wildman–Crippen MR) is 73.7 cm³/mol. The number of rotatable bonds is 2. The van der Waals surface area contributed by atoms with Gasteiger partial charge >= 0.3 is 0 Å². The van der Waals surface area contributed by atoms with Crippen molar-refractivity contribution >= 4 is 0 Å². The zero-order valence-corrected chi connectivity index (χ0v) is 11.6. The summed E-state index contributed by atoms with van der Waals surface area (Å²) in [6.45, 7) is 0. The molecule has 10 atom stereocenters. The van der Waals surface area contributed by atoms with E-state index in [1.165, 1.54) is 12.0 Å². The predicted octanol–water partition coefficient (Wildman–Crippen LogP) is 2.28. The van der Waals surface area contributed by atoms with Gasteiger partial charge in [0, 0.05) is 18.9 Å². The van der Waals surface area contributed by atoms with E-state index in [0.29, 0.717) is 29.8 Å². The van der Waals surface area contributed by atoms with Gasteiger partial charge in [0.2, 0.25) is 0 Å². The molecule has 6 rings (SSSR count). The molecule has 0 aliphatic heterocycles. The summed E-state index contributed by atoms with van der Waals surface area (Å²) in [4.78, 5) is 0. The number of fused-ring (bicyclic) bond motifs is 2. The van der Waals surface area contributed by atoms with Crippen molar-refractivity contribution < 1.29 is 9.84 Å². The van der Waals surface area contributed by atoms with Gasteiger partial charge in [0.15, 0.2) is 0 Å². The highest BCUT2D eigenvalue weighted by Gasteiger charge is 2.87. The summed E-state index contributed by atoms with van der Waals surface area (Å²) in [5, 5.41) is 11.7. The fourth-order valence-electron chi connectivity index (χ4n) is 7.91. The first-order chi connectivity index (χ1) is 9.78. The zero-order valence-electron chi connectivity index (χ0n) is 11.6. The van der Waals surface area contributed by atoms with Gasteiger partial charge in [0.25, 0.3) is 0 Å². The van der Waals surface area contributed by atoms with Crippen LogP contribution < -0.4 is 0 Å². The lowest BCUT2D eigenvalue weighted by molar-refractivity contribution is -0.183. The van der Waals surface area contributed by atoms with Gasteiger partial charge in [0.05, 0.1) is 11.7 Å². The molecule has 0 heterocycles. The Bertz CT molecular complexity index is 599. The molecular formula is C18H20O2. The Morgan fingerprint density at radius 2 is 1.80 bits per heavy atom. The summed E-state index contributed by atoms with van der Waals surface area (Å²) in [5.41, 5.74) is 0.621. The molecule has 2 heteroatoms. The number of hydrogen-bond acceptors (Lipinski definition) is 2. The average molecular weight is 268 g/mol. The van der Waals surface area contributed by atoms with E-state index in [2.05, 4.69) is 30.3 Å². The molecule has 20 heavy (non-hydrogen) atoms. The molecule has 1 aromatic carbocycles. The normalized spacial score (nSPS) is 63.2. The highest BCUT2D eigenvalue weighted by Crippen LogP contribution is 2.87. The van der Waals surface area contributed by atoms with Crippen molar-refractivity contribution in [3.63, 3.8) is 0 Å². The molecule has 0 amide bonds. The van der Waals surface area contributed by atoms with Crippen molar-refractivity contribution in [1.82, 2.24) is 0 Å². The summed E-state index contributed by atoms with van der Waals surface area (Å²) < 4.78 is 5.89. The number of hydrogen-bond donors (Lipinski definition) is 1. The van der Waals surface area contributed by atoms with Crippen molar-refractivity contribution in [1.29, 1.82) is 0 Å². The SMILES string of the molecule is CO[C@H]1[C@@H]2[C@@H]3[C@@H]4C[C@H]5[C@H]3[C@H]2[C@](O)(c2ccccc2)[C@@H]5[C@@H]41. The number of aliphatic hydroxyl groups is 1. The highest BCUT2D eigenvalue weighted by molar-refractivity contribution is 5.40. The molecular weight excluding hydrogens is 248 g/mol. The van der Waals surface area contributed by atoms with E-state index in [9.17, 15) is 5.11 Å². The van der Waals surface area contributed by atoms with Crippen LogP contribution in [0.2, 0.25) is 0 Å². The van der Waals surface area contributed by atoms with Gasteiger partial charge in [-0.1, -0.05) is 30.3 Å². The summed E-state index contributed by atoms with van der Waals surface area (Å²) in [5.74, 6) is 5.52. The standard InChI is InChI=1S/C18H20O2/c1-20-17-13-9-7-10-12-11(9)14(17)16(12)18(19,15(10)13)8-5-3-2-4-6-8/h2-6,9-17,19H,7H2,1H3/t9-,10-,11+,12+,13+,14+,15-,16+,17+,18-/m0/s1. The molecule has 0 radical (unpaired) electrons. The minimum Gasteiger partial charge on any atom is -0.385 e. The summed E-state index contributed by atoms with van der Waals surface area (Å²) in [6, 6.07) is 10.5. The molecule has 1 aromatic rings. The van der Waals surface area contributed by atoms with E-state index in [4.69, 9.17) is 4.74 Å². The van der Waals surface area contributed by atoms with Crippen LogP contribution in [-0.2, 0) is 10.3 Å². The highest BCUT2D eigenvalue weighted by atomic mass is 16.5. The lowest BCUT2D eigenvalue weighted by atomic mass is 9.54. The van der Waals surface area contributed by atoms with Gasteiger partial charge < -0.3 is 9.84 Å². The van der Waals surface area contributed by atoms with Crippen LogP contribution in [0.4, 0.5) is 0 Å². The van der Waals surface area contributed by atoms with Crippen LogP contribution >= 0.6 is 0 Å². The molecule has 5 aliphatic carbocycles. The maximum Gasteiger partial charge on any atom is 0.0965 e. The largest absolute Gasteiger partial charge is 0.385 e. The lowest BCUT2D eigenvalue weighted by Gasteiger charge is -2.54. The van der Waals surface area contributed by atoms with Crippen LogP contribution in [0.25, 0.3) is 0 Å². The zero-order chi connectivity index (χ0) is 13.2. The molecule has 5 fully saturated rings. The molecule has 5 aliphatic rings. The van der Waals surface area contributed by atoms with Crippen LogP contribution in [0.5, 0.6) is 0 Å². The first-order valence-electron chi connectivity index (χ1n) is 8.09. The Labute approximate surface area is 119 Å². The van der Waals surface area contributed by atoms with Crippen molar-refractivity contribution in [2.24, 2.45) is 47.3 Å². The van der Waals surface area contributed by atoms with Crippen molar-refractivity contribution in [2.75, 3.05) is 7.11 Å². The molecule has 2 nitrogen and oxygen atoms in total. The molecule has 5 saturated carbocycles. The second-order valence-corrected chi connectivity index (χ2v) is 7.82.